The lowest BCUT2D eigenvalue weighted by Gasteiger charge is -2.11. The summed E-state index contributed by atoms with van der Waals surface area (Å²) < 4.78 is 44.7. The number of halogens is 3. The second kappa shape index (κ2) is 6.81. The summed E-state index contributed by atoms with van der Waals surface area (Å²) in [6.45, 7) is 5.31. The van der Waals surface area contributed by atoms with E-state index in [4.69, 9.17) is 4.42 Å². The van der Waals surface area contributed by atoms with Crippen LogP contribution in [0.25, 0.3) is 11.1 Å². The Morgan fingerprint density at radius 1 is 1.18 bits per heavy atom. The number of benzene rings is 1. The van der Waals surface area contributed by atoms with E-state index in [-0.39, 0.29) is 5.41 Å². The third kappa shape index (κ3) is 4.24. The van der Waals surface area contributed by atoms with E-state index in [1.165, 1.54) is 0 Å². The van der Waals surface area contributed by atoms with Crippen molar-refractivity contribution in [2.75, 3.05) is 5.32 Å². The molecule has 0 bridgehead atoms. The molecule has 2 aromatic heterocycles. The molecule has 3 aromatic rings. The van der Waals surface area contributed by atoms with Gasteiger partial charge in [0.1, 0.15) is 12.1 Å². The monoisotopic (exact) mass is 393 g/mol. The summed E-state index contributed by atoms with van der Waals surface area (Å²) in [5, 5.41) is 2.55. The van der Waals surface area contributed by atoms with Gasteiger partial charge in [-0.3, -0.25) is 9.59 Å². The van der Waals surface area contributed by atoms with E-state index in [9.17, 15) is 22.8 Å². The smallest absolute Gasteiger partial charge is 0.417 e. The fraction of sp³-hybridized carbons (Fsp3) is 0.316. The van der Waals surface area contributed by atoms with Gasteiger partial charge in [0.2, 0.25) is 11.8 Å². The SMILES string of the molecule is CC(C)(C)c1nc2cc(NC(=O)Cn3cc(C(F)(F)F)ccc3=O)ccc2o1. The second-order valence-electron chi connectivity index (χ2n) is 7.38. The summed E-state index contributed by atoms with van der Waals surface area (Å²) in [6, 6.07) is 6.30. The van der Waals surface area contributed by atoms with Crippen LogP contribution in [0.2, 0.25) is 0 Å². The van der Waals surface area contributed by atoms with Crippen molar-refractivity contribution in [2.24, 2.45) is 0 Å². The minimum absolute atomic E-state index is 0.285. The molecule has 0 aliphatic carbocycles. The van der Waals surface area contributed by atoms with E-state index >= 15 is 0 Å². The van der Waals surface area contributed by atoms with Gasteiger partial charge in [-0.2, -0.15) is 13.2 Å². The van der Waals surface area contributed by atoms with Crippen molar-refractivity contribution in [1.82, 2.24) is 9.55 Å². The van der Waals surface area contributed by atoms with E-state index in [1.807, 2.05) is 20.8 Å². The van der Waals surface area contributed by atoms with Crippen molar-refractivity contribution >= 4 is 22.7 Å². The molecule has 148 valence electrons. The summed E-state index contributed by atoms with van der Waals surface area (Å²) in [7, 11) is 0. The van der Waals surface area contributed by atoms with Crippen LogP contribution in [0.3, 0.4) is 0 Å². The predicted molar refractivity (Wildman–Crippen MR) is 97.0 cm³/mol. The highest BCUT2D eigenvalue weighted by molar-refractivity contribution is 5.92. The molecule has 0 saturated heterocycles. The normalized spacial score (nSPS) is 12.4. The molecule has 0 aliphatic rings. The Hall–Kier alpha value is -3.10. The molecule has 2 heterocycles. The third-order valence-corrected chi connectivity index (χ3v) is 3.94. The molecular weight excluding hydrogens is 375 g/mol. The van der Waals surface area contributed by atoms with E-state index < -0.39 is 29.8 Å². The summed E-state index contributed by atoms with van der Waals surface area (Å²) >= 11 is 0. The largest absolute Gasteiger partial charge is 0.440 e. The molecule has 0 fully saturated rings. The Bertz CT molecular complexity index is 1090. The zero-order valence-electron chi connectivity index (χ0n) is 15.4. The number of carbonyl (C=O) groups excluding carboxylic acids is 1. The number of hydrogen-bond acceptors (Lipinski definition) is 4. The maximum absolute atomic E-state index is 12.8. The average Bonchev–Trinajstić information content (AvgIpc) is 2.99. The first-order chi connectivity index (χ1) is 12.9. The van der Waals surface area contributed by atoms with Crippen molar-refractivity contribution in [2.45, 2.75) is 38.9 Å². The highest BCUT2D eigenvalue weighted by atomic mass is 19.4. The fourth-order valence-electron chi connectivity index (χ4n) is 2.50. The van der Waals surface area contributed by atoms with Gasteiger partial charge < -0.3 is 14.3 Å². The predicted octanol–water partition coefficient (Wildman–Crippen LogP) is 3.94. The highest BCUT2D eigenvalue weighted by Crippen LogP contribution is 2.28. The first-order valence-corrected chi connectivity index (χ1v) is 8.42. The number of rotatable bonds is 3. The van der Waals surface area contributed by atoms with Crippen molar-refractivity contribution in [1.29, 1.82) is 0 Å². The number of oxazole rings is 1. The van der Waals surface area contributed by atoms with Crippen molar-refractivity contribution in [3.8, 4) is 0 Å². The van der Waals surface area contributed by atoms with E-state index in [0.29, 0.717) is 39.5 Å². The number of carbonyl (C=O) groups is 1. The van der Waals surface area contributed by atoms with Gasteiger partial charge in [-0.1, -0.05) is 20.8 Å². The van der Waals surface area contributed by atoms with Gasteiger partial charge in [-0.25, -0.2) is 4.98 Å². The van der Waals surface area contributed by atoms with E-state index in [1.54, 1.807) is 18.2 Å². The minimum atomic E-state index is -4.60. The molecule has 1 N–H and O–H groups in total. The van der Waals surface area contributed by atoms with Crippen LogP contribution in [0, 0.1) is 0 Å². The molecule has 0 radical (unpaired) electrons. The summed E-state index contributed by atoms with van der Waals surface area (Å²) in [4.78, 5) is 28.3. The number of aromatic nitrogens is 2. The molecular formula is C19H18F3N3O3. The molecule has 9 heteroatoms. The quantitative estimate of drug-likeness (QED) is 0.731. The van der Waals surface area contributed by atoms with Crippen LogP contribution < -0.4 is 10.9 Å². The van der Waals surface area contributed by atoms with Gasteiger partial charge in [0.15, 0.2) is 5.58 Å². The lowest BCUT2D eigenvalue weighted by Crippen LogP contribution is -2.28. The van der Waals surface area contributed by atoms with Crippen LogP contribution in [0.5, 0.6) is 0 Å². The van der Waals surface area contributed by atoms with Crippen LogP contribution in [-0.2, 0) is 22.9 Å². The number of anilines is 1. The average molecular weight is 393 g/mol. The Morgan fingerprint density at radius 3 is 2.54 bits per heavy atom. The van der Waals surface area contributed by atoms with Crippen LogP contribution in [0.1, 0.15) is 32.2 Å². The molecule has 0 atom stereocenters. The minimum Gasteiger partial charge on any atom is -0.440 e. The van der Waals surface area contributed by atoms with Gasteiger partial charge >= 0.3 is 6.18 Å². The summed E-state index contributed by atoms with van der Waals surface area (Å²) in [5.41, 5.74) is -0.501. The van der Waals surface area contributed by atoms with Gasteiger partial charge in [0.25, 0.3) is 5.56 Å². The number of nitrogens with zero attached hydrogens (tertiary/aromatic N) is 2. The third-order valence-electron chi connectivity index (χ3n) is 3.94. The molecule has 28 heavy (non-hydrogen) atoms. The zero-order valence-corrected chi connectivity index (χ0v) is 15.4. The highest BCUT2D eigenvalue weighted by Gasteiger charge is 2.31. The number of alkyl halides is 3. The summed E-state index contributed by atoms with van der Waals surface area (Å²) in [5.74, 6) is -0.0955. The Kier molecular flexibility index (Phi) is 4.78. The number of fused-ring (bicyclic) bond motifs is 1. The topological polar surface area (TPSA) is 77.1 Å². The van der Waals surface area contributed by atoms with Crippen LogP contribution in [0.4, 0.5) is 18.9 Å². The number of pyridine rings is 1. The van der Waals surface area contributed by atoms with Crippen LogP contribution in [-0.4, -0.2) is 15.5 Å². The van der Waals surface area contributed by atoms with Crippen LogP contribution >= 0.6 is 0 Å². The van der Waals surface area contributed by atoms with Gasteiger partial charge in [-0.15, -0.1) is 0 Å². The molecule has 0 saturated carbocycles. The standard InChI is InChI=1S/C19H18F3N3O3/c1-18(2,3)17-24-13-8-12(5-6-14(13)28-17)23-15(26)10-25-9-11(19(20,21)22)4-7-16(25)27/h4-9H,10H2,1-3H3,(H,23,26). The van der Waals surface area contributed by atoms with E-state index in [2.05, 4.69) is 10.3 Å². The van der Waals surface area contributed by atoms with Gasteiger partial charge in [0, 0.05) is 23.4 Å². The lowest BCUT2D eigenvalue weighted by molar-refractivity contribution is -0.138. The van der Waals surface area contributed by atoms with Gasteiger partial charge in [-0.05, 0) is 24.3 Å². The van der Waals surface area contributed by atoms with Crippen LogP contribution in [0.15, 0.2) is 45.7 Å². The second-order valence-corrected chi connectivity index (χ2v) is 7.38. The Morgan fingerprint density at radius 2 is 1.89 bits per heavy atom. The van der Waals surface area contributed by atoms with E-state index in [0.717, 1.165) is 6.07 Å². The zero-order chi connectivity index (χ0) is 20.7. The summed E-state index contributed by atoms with van der Waals surface area (Å²) in [6.07, 6.45) is -3.98. The number of hydrogen-bond donors (Lipinski definition) is 1. The fourth-order valence-corrected chi connectivity index (χ4v) is 2.50. The molecule has 3 rings (SSSR count). The molecule has 0 aliphatic heterocycles. The van der Waals surface area contributed by atoms with Gasteiger partial charge in [0.05, 0.1) is 5.56 Å². The van der Waals surface area contributed by atoms with Crippen molar-refractivity contribution in [3.05, 3.63) is 58.3 Å². The van der Waals surface area contributed by atoms with Crippen molar-refractivity contribution < 1.29 is 22.4 Å². The maximum atomic E-state index is 12.8. The Labute approximate surface area is 158 Å². The first-order valence-electron chi connectivity index (χ1n) is 8.42. The molecule has 1 amide bonds. The molecule has 6 nitrogen and oxygen atoms in total. The van der Waals surface area contributed by atoms with Crippen molar-refractivity contribution in [3.63, 3.8) is 0 Å². The molecule has 0 spiro atoms. The molecule has 1 aromatic carbocycles. The molecule has 0 unspecified atom stereocenters. The number of amides is 1. The number of nitrogens with one attached hydrogen (secondary N) is 1. The Balaban J connectivity index is 1.79. The maximum Gasteiger partial charge on any atom is 0.417 e. The first kappa shape index (κ1) is 19.7. The lowest BCUT2D eigenvalue weighted by atomic mass is 9.97.